The van der Waals surface area contributed by atoms with Gasteiger partial charge in [0, 0.05) is 18.7 Å². The van der Waals surface area contributed by atoms with Gasteiger partial charge < -0.3 is 19.5 Å². The lowest BCUT2D eigenvalue weighted by atomic mass is 9.96. The van der Waals surface area contributed by atoms with Crippen LogP contribution in [0.2, 0.25) is 0 Å². The van der Waals surface area contributed by atoms with Gasteiger partial charge in [0.05, 0.1) is 29.5 Å². The van der Waals surface area contributed by atoms with Gasteiger partial charge in [0.15, 0.2) is 5.01 Å². The molecule has 3 aromatic rings. The van der Waals surface area contributed by atoms with Crippen molar-refractivity contribution in [1.82, 2.24) is 15.2 Å². The van der Waals surface area contributed by atoms with Crippen molar-refractivity contribution in [3.8, 4) is 11.5 Å². The van der Waals surface area contributed by atoms with Gasteiger partial charge in [-0.2, -0.15) is 0 Å². The smallest absolute Gasteiger partial charge is 0.280 e. The molecule has 3 heterocycles. The molecule has 1 N–H and O–H groups in total. The average molecular weight is 482 g/mol. The molecule has 5 rings (SSSR count). The fourth-order valence-corrected chi connectivity index (χ4v) is 5.51. The molecule has 7 nitrogen and oxygen atoms in total. The number of amides is 1. The molecular weight excluding hydrogens is 450 g/mol. The Kier molecular flexibility index (Phi) is 7.27. The van der Waals surface area contributed by atoms with E-state index in [1.54, 1.807) is 0 Å². The SMILES string of the molecule is CCCN1CCO[C@@H]2c3cc(OCCCCNC(=O)c4nc5ccccc5s4)ccc3OC[C@H]21. The highest BCUT2D eigenvalue weighted by molar-refractivity contribution is 7.20. The van der Waals surface area contributed by atoms with Crippen molar-refractivity contribution in [2.75, 3.05) is 39.5 Å². The second-order valence-corrected chi connectivity index (χ2v) is 9.73. The molecule has 0 bridgehead atoms. The predicted molar refractivity (Wildman–Crippen MR) is 133 cm³/mol. The van der Waals surface area contributed by atoms with Crippen LogP contribution in [-0.4, -0.2) is 61.3 Å². The molecule has 2 aliphatic rings. The van der Waals surface area contributed by atoms with Crippen molar-refractivity contribution in [1.29, 1.82) is 0 Å². The van der Waals surface area contributed by atoms with Crippen LogP contribution in [0.25, 0.3) is 10.2 Å². The molecule has 0 unspecified atom stereocenters. The van der Waals surface area contributed by atoms with Crippen molar-refractivity contribution in [3.63, 3.8) is 0 Å². The number of morpholine rings is 1. The van der Waals surface area contributed by atoms with E-state index < -0.39 is 0 Å². The molecule has 2 atom stereocenters. The molecule has 0 saturated carbocycles. The third-order valence-electron chi connectivity index (χ3n) is 6.32. The van der Waals surface area contributed by atoms with Crippen molar-refractivity contribution >= 4 is 27.5 Å². The normalized spacial score (nSPS) is 19.8. The molecule has 1 aromatic heterocycles. The van der Waals surface area contributed by atoms with Crippen molar-refractivity contribution in [2.45, 2.75) is 38.3 Å². The highest BCUT2D eigenvalue weighted by Crippen LogP contribution is 2.40. The van der Waals surface area contributed by atoms with Crippen LogP contribution in [0.15, 0.2) is 42.5 Å². The van der Waals surface area contributed by atoms with Gasteiger partial charge in [0.2, 0.25) is 0 Å². The number of benzene rings is 2. The van der Waals surface area contributed by atoms with Crippen LogP contribution in [0.4, 0.5) is 0 Å². The Morgan fingerprint density at radius 3 is 3.06 bits per heavy atom. The van der Waals surface area contributed by atoms with Crippen LogP contribution < -0.4 is 14.8 Å². The van der Waals surface area contributed by atoms with E-state index in [0.29, 0.717) is 24.8 Å². The maximum absolute atomic E-state index is 12.4. The first-order valence-electron chi connectivity index (χ1n) is 12.1. The number of fused-ring (bicyclic) bond motifs is 4. The van der Waals surface area contributed by atoms with Gasteiger partial charge >= 0.3 is 0 Å². The number of nitrogens with zero attached hydrogens (tertiary/aromatic N) is 2. The minimum Gasteiger partial charge on any atom is -0.494 e. The summed E-state index contributed by atoms with van der Waals surface area (Å²) in [7, 11) is 0. The number of hydrogen-bond acceptors (Lipinski definition) is 7. The van der Waals surface area contributed by atoms with E-state index in [9.17, 15) is 4.79 Å². The first kappa shape index (κ1) is 23.1. The Labute approximate surface area is 204 Å². The number of carbonyl (C=O) groups excluding carboxylic acids is 1. The van der Waals surface area contributed by atoms with Gasteiger partial charge in [0.1, 0.15) is 24.2 Å². The molecule has 1 saturated heterocycles. The Balaban J connectivity index is 1.08. The zero-order valence-corrected chi connectivity index (χ0v) is 20.3. The first-order chi connectivity index (χ1) is 16.7. The number of para-hydroxylation sites is 1. The lowest BCUT2D eigenvalue weighted by Crippen LogP contribution is -2.52. The molecule has 0 radical (unpaired) electrons. The first-order valence-corrected chi connectivity index (χ1v) is 12.9. The molecule has 8 heteroatoms. The molecule has 2 aliphatic heterocycles. The number of rotatable bonds is 9. The van der Waals surface area contributed by atoms with E-state index in [0.717, 1.165) is 66.2 Å². The number of hydrogen-bond donors (Lipinski definition) is 1. The summed E-state index contributed by atoms with van der Waals surface area (Å²) in [6, 6.07) is 14.1. The van der Waals surface area contributed by atoms with Gasteiger partial charge in [-0.1, -0.05) is 19.1 Å². The molecule has 0 spiro atoms. The van der Waals surface area contributed by atoms with Crippen LogP contribution in [0.3, 0.4) is 0 Å². The molecular formula is C26H31N3O4S. The highest BCUT2D eigenvalue weighted by Gasteiger charge is 2.38. The van der Waals surface area contributed by atoms with E-state index in [1.165, 1.54) is 11.3 Å². The van der Waals surface area contributed by atoms with Gasteiger partial charge in [-0.25, -0.2) is 4.98 Å². The third-order valence-corrected chi connectivity index (χ3v) is 7.35. The number of ether oxygens (including phenoxy) is 3. The Hall–Kier alpha value is -2.68. The maximum Gasteiger partial charge on any atom is 0.280 e. The van der Waals surface area contributed by atoms with Crippen molar-refractivity contribution in [2.24, 2.45) is 0 Å². The summed E-state index contributed by atoms with van der Waals surface area (Å²) in [5.41, 5.74) is 1.95. The summed E-state index contributed by atoms with van der Waals surface area (Å²) in [4.78, 5) is 19.2. The average Bonchev–Trinajstić information content (AvgIpc) is 3.31. The van der Waals surface area contributed by atoms with Crippen LogP contribution in [-0.2, 0) is 4.74 Å². The Morgan fingerprint density at radius 2 is 2.18 bits per heavy atom. The molecule has 0 aliphatic carbocycles. The number of thiazole rings is 1. The highest BCUT2D eigenvalue weighted by atomic mass is 32.1. The standard InChI is InChI=1S/C26H31N3O4S/c1-2-12-29-13-15-32-24-19-16-18(9-10-22(19)33-17-21(24)29)31-14-6-5-11-27-25(30)26-28-20-7-3-4-8-23(20)34-26/h3-4,7-10,16,21,24H,2,5-6,11-15,17H2,1H3,(H,27,30)/t21-,24-/m1/s1. The summed E-state index contributed by atoms with van der Waals surface area (Å²) >= 11 is 1.42. The fourth-order valence-electron chi connectivity index (χ4n) is 4.63. The number of nitrogens with one attached hydrogen (secondary N) is 1. The second-order valence-electron chi connectivity index (χ2n) is 8.70. The van der Waals surface area contributed by atoms with E-state index >= 15 is 0 Å². The van der Waals surface area contributed by atoms with E-state index in [-0.39, 0.29) is 18.1 Å². The molecule has 1 fully saturated rings. The maximum atomic E-state index is 12.4. The topological polar surface area (TPSA) is 72.9 Å². The number of aromatic nitrogens is 1. The Bertz CT molecular complexity index is 1100. The zero-order chi connectivity index (χ0) is 23.3. The van der Waals surface area contributed by atoms with Crippen molar-refractivity contribution < 1.29 is 19.0 Å². The second kappa shape index (κ2) is 10.7. The van der Waals surface area contributed by atoms with Gasteiger partial charge in [-0.15, -0.1) is 11.3 Å². The predicted octanol–water partition coefficient (Wildman–Crippen LogP) is 4.43. The number of unbranched alkanes of at least 4 members (excludes halogenated alkanes) is 1. The third kappa shape index (κ3) is 5.04. The summed E-state index contributed by atoms with van der Waals surface area (Å²) in [6.07, 6.45) is 2.84. The number of carbonyl (C=O) groups is 1. The zero-order valence-electron chi connectivity index (χ0n) is 19.5. The summed E-state index contributed by atoms with van der Waals surface area (Å²) in [5, 5.41) is 3.47. The van der Waals surface area contributed by atoms with E-state index in [1.807, 2.05) is 36.4 Å². The van der Waals surface area contributed by atoms with Crippen LogP contribution >= 0.6 is 11.3 Å². The van der Waals surface area contributed by atoms with Gasteiger partial charge in [0.25, 0.3) is 5.91 Å². The van der Waals surface area contributed by atoms with Crippen LogP contribution in [0.5, 0.6) is 11.5 Å². The molecule has 1 amide bonds. The van der Waals surface area contributed by atoms with Crippen LogP contribution in [0.1, 0.15) is 47.7 Å². The van der Waals surface area contributed by atoms with E-state index in [2.05, 4.69) is 28.2 Å². The lowest BCUT2D eigenvalue weighted by molar-refractivity contribution is -0.0957. The summed E-state index contributed by atoms with van der Waals surface area (Å²) in [5.74, 6) is 1.61. The Morgan fingerprint density at radius 1 is 1.26 bits per heavy atom. The minimum absolute atomic E-state index is 0.0327. The minimum atomic E-state index is -0.115. The summed E-state index contributed by atoms with van der Waals surface area (Å²) < 4.78 is 19.2. The lowest BCUT2D eigenvalue weighted by Gasteiger charge is -2.44. The quantitative estimate of drug-likeness (QED) is 0.456. The van der Waals surface area contributed by atoms with Gasteiger partial charge in [-0.05, 0) is 56.1 Å². The largest absolute Gasteiger partial charge is 0.494 e. The summed E-state index contributed by atoms with van der Waals surface area (Å²) in [6.45, 7) is 6.83. The molecule has 180 valence electrons. The van der Waals surface area contributed by atoms with Gasteiger partial charge in [-0.3, -0.25) is 9.69 Å². The van der Waals surface area contributed by atoms with E-state index in [4.69, 9.17) is 14.2 Å². The van der Waals surface area contributed by atoms with Crippen molar-refractivity contribution in [3.05, 3.63) is 53.0 Å². The monoisotopic (exact) mass is 481 g/mol. The van der Waals surface area contributed by atoms with Crippen LogP contribution in [0, 0.1) is 0 Å². The molecule has 34 heavy (non-hydrogen) atoms. The molecule has 2 aromatic carbocycles. The fraction of sp³-hybridized carbons (Fsp3) is 0.462.